The zero-order valence-corrected chi connectivity index (χ0v) is 22.2. The smallest absolute Gasteiger partial charge is 0.243 e. The van der Waals surface area contributed by atoms with E-state index in [-0.39, 0.29) is 30.8 Å². The van der Waals surface area contributed by atoms with Crippen LogP contribution in [0.15, 0.2) is 66.7 Å². The van der Waals surface area contributed by atoms with Crippen LogP contribution in [0.2, 0.25) is 10.0 Å². The average Bonchev–Trinajstić information content (AvgIpc) is 2.80. The monoisotopic (exact) mass is 510 g/mol. The van der Waals surface area contributed by atoms with Gasteiger partial charge < -0.3 is 10.2 Å². The summed E-state index contributed by atoms with van der Waals surface area (Å²) in [6.07, 6.45) is 0.545. The molecule has 35 heavy (non-hydrogen) atoms. The lowest BCUT2D eigenvalue weighted by Gasteiger charge is -2.32. The van der Waals surface area contributed by atoms with E-state index in [2.05, 4.69) is 5.32 Å². The van der Waals surface area contributed by atoms with Gasteiger partial charge in [-0.1, -0.05) is 77.8 Å². The van der Waals surface area contributed by atoms with Crippen molar-refractivity contribution in [3.63, 3.8) is 0 Å². The minimum absolute atomic E-state index is 0.0682. The molecule has 0 fully saturated rings. The van der Waals surface area contributed by atoms with Gasteiger partial charge >= 0.3 is 0 Å². The van der Waals surface area contributed by atoms with E-state index in [1.807, 2.05) is 76.2 Å². The molecule has 3 aromatic carbocycles. The maximum absolute atomic E-state index is 13.8. The quantitative estimate of drug-likeness (QED) is 0.366. The van der Waals surface area contributed by atoms with E-state index in [1.54, 1.807) is 23.1 Å². The van der Waals surface area contributed by atoms with Crippen LogP contribution in [0.5, 0.6) is 0 Å². The van der Waals surface area contributed by atoms with Crippen LogP contribution in [-0.4, -0.2) is 28.8 Å². The van der Waals surface area contributed by atoms with Gasteiger partial charge in [0.25, 0.3) is 0 Å². The number of aryl methyl sites for hydroxylation is 2. The number of hydrogen-bond donors (Lipinski definition) is 1. The van der Waals surface area contributed by atoms with Gasteiger partial charge in [-0.2, -0.15) is 0 Å². The normalized spacial score (nSPS) is 11.9. The van der Waals surface area contributed by atoms with E-state index in [0.717, 1.165) is 16.7 Å². The number of carbonyl (C=O) groups is 2. The van der Waals surface area contributed by atoms with Gasteiger partial charge in [0.2, 0.25) is 11.8 Å². The first-order chi connectivity index (χ1) is 16.7. The van der Waals surface area contributed by atoms with Crippen molar-refractivity contribution in [2.24, 2.45) is 0 Å². The number of amides is 2. The molecule has 1 atom stereocenters. The third kappa shape index (κ3) is 7.33. The molecule has 3 rings (SSSR count). The highest BCUT2D eigenvalue weighted by atomic mass is 35.5. The summed E-state index contributed by atoms with van der Waals surface area (Å²) in [6.45, 7) is 8.01. The maximum atomic E-state index is 13.8. The zero-order chi connectivity index (χ0) is 25.5. The predicted octanol–water partition coefficient (Wildman–Crippen LogP) is 6.32. The molecule has 184 valence electrons. The molecule has 0 spiro atoms. The Balaban J connectivity index is 2.03. The van der Waals surface area contributed by atoms with Crippen LogP contribution in [0.4, 0.5) is 0 Å². The zero-order valence-electron chi connectivity index (χ0n) is 20.6. The van der Waals surface area contributed by atoms with Crippen molar-refractivity contribution in [2.45, 2.75) is 59.2 Å². The van der Waals surface area contributed by atoms with Gasteiger partial charge in [-0.05, 0) is 62.1 Å². The first-order valence-electron chi connectivity index (χ1n) is 11.8. The molecule has 0 aromatic heterocycles. The van der Waals surface area contributed by atoms with Crippen LogP contribution < -0.4 is 5.32 Å². The van der Waals surface area contributed by atoms with E-state index in [4.69, 9.17) is 23.2 Å². The van der Waals surface area contributed by atoms with Crippen LogP contribution in [0.1, 0.15) is 41.7 Å². The molecule has 0 unspecified atom stereocenters. The van der Waals surface area contributed by atoms with E-state index in [9.17, 15) is 9.59 Å². The fourth-order valence-corrected chi connectivity index (χ4v) is 4.50. The molecule has 4 nitrogen and oxygen atoms in total. The number of halogens is 2. The second kappa shape index (κ2) is 12.2. The van der Waals surface area contributed by atoms with E-state index < -0.39 is 6.04 Å². The van der Waals surface area contributed by atoms with E-state index in [1.165, 1.54) is 5.56 Å². The van der Waals surface area contributed by atoms with Crippen LogP contribution in [0, 0.1) is 13.8 Å². The lowest BCUT2D eigenvalue weighted by molar-refractivity contribution is -0.141. The Bertz CT molecular complexity index is 1160. The number of rotatable bonds is 9. The van der Waals surface area contributed by atoms with E-state index >= 15 is 0 Å². The Kier molecular flexibility index (Phi) is 9.36. The highest BCUT2D eigenvalue weighted by Gasteiger charge is 2.31. The number of nitrogens with zero attached hydrogens (tertiary/aromatic N) is 1. The van der Waals surface area contributed by atoms with Crippen LogP contribution in [0.25, 0.3) is 0 Å². The maximum Gasteiger partial charge on any atom is 0.243 e. The highest BCUT2D eigenvalue weighted by Crippen LogP contribution is 2.27. The van der Waals surface area contributed by atoms with Crippen molar-refractivity contribution in [3.05, 3.63) is 105 Å². The summed E-state index contributed by atoms with van der Waals surface area (Å²) >= 11 is 13.0. The third-order valence-corrected chi connectivity index (χ3v) is 6.73. The van der Waals surface area contributed by atoms with E-state index in [0.29, 0.717) is 22.0 Å². The standard InChI is InChI=1S/C29H32Cl2N2O2/c1-19(2)32-29(35)27(16-22-9-6-5-7-10-22)33(18-24-25(30)11-8-12-26(24)31)28(34)17-23-14-13-20(3)21(4)15-23/h5-15,19,27H,16-18H2,1-4H3,(H,32,35)/t27-/m1/s1. The Morgan fingerprint density at radius 3 is 2.11 bits per heavy atom. The Morgan fingerprint density at radius 2 is 1.51 bits per heavy atom. The number of nitrogens with one attached hydrogen (secondary N) is 1. The molecule has 2 amide bonds. The fraction of sp³-hybridized carbons (Fsp3) is 0.310. The summed E-state index contributed by atoms with van der Waals surface area (Å²) in [5.74, 6) is -0.371. The minimum Gasteiger partial charge on any atom is -0.352 e. The second-order valence-electron chi connectivity index (χ2n) is 9.19. The van der Waals surface area contributed by atoms with Crippen molar-refractivity contribution >= 4 is 35.0 Å². The van der Waals surface area contributed by atoms with Gasteiger partial charge in [0.1, 0.15) is 6.04 Å². The van der Waals surface area contributed by atoms with Crippen molar-refractivity contribution in [3.8, 4) is 0 Å². The van der Waals surface area contributed by atoms with Gasteiger partial charge in [-0.15, -0.1) is 0 Å². The molecule has 0 aliphatic carbocycles. The van der Waals surface area contributed by atoms with Crippen LogP contribution >= 0.6 is 23.2 Å². The first kappa shape index (κ1) is 26.8. The van der Waals surface area contributed by atoms with Crippen molar-refractivity contribution in [2.75, 3.05) is 0 Å². The van der Waals surface area contributed by atoms with Crippen molar-refractivity contribution in [1.82, 2.24) is 10.2 Å². The minimum atomic E-state index is -0.730. The summed E-state index contributed by atoms with van der Waals surface area (Å²) < 4.78 is 0. The summed E-state index contributed by atoms with van der Waals surface area (Å²) in [5.41, 5.74) is 4.77. The second-order valence-corrected chi connectivity index (χ2v) is 10.0. The average molecular weight is 511 g/mol. The Morgan fingerprint density at radius 1 is 0.857 bits per heavy atom. The number of benzene rings is 3. The molecular formula is C29H32Cl2N2O2. The highest BCUT2D eigenvalue weighted by molar-refractivity contribution is 6.36. The molecule has 6 heteroatoms. The summed E-state index contributed by atoms with van der Waals surface area (Å²) in [6, 6.07) is 20.2. The Labute approximate surface area is 218 Å². The van der Waals surface area contributed by atoms with Crippen LogP contribution in [-0.2, 0) is 29.0 Å². The van der Waals surface area contributed by atoms with Gasteiger partial charge in [-0.3, -0.25) is 9.59 Å². The molecule has 0 saturated heterocycles. The van der Waals surface area contributed by atoms with Gasteiger partial charge in [0, 0.05) is 34.6 Å². The predicted molar refractivity (Wildman–Crippen MR) is 144 cm³/mol. The molecule has 0 aliphatic rings. The van der Waals surface area contributed by atoms with Gasteiger partial charge in [0.05, 0.1) is 6.42 Å². The molecule has 0 saturated carbocycles. The summed E-state index contributed by atoms with van der Waals surface area (Å²) in [4.78, 5) is 28.9. The summed E-state index contributed by atoms with van der Waals surface area (Å²) in [5, 5.41) is 3.92. The SMILES string of the molecule is Cc1ccc(CC(=O)N(Cc2c(Cl)cccc2Cl)[C@H](Cc2ccccc2)C(=O)NC(C)C)cc1C. The molecule has 0 heterocycles. The molecule has 3 aromatic rings. The first-order valence-corrected chi connectivity index (χ1v) is 12.5. The fourth-order valence-electron chi connectivity index (χ4n) is 3.98. The molecule has 1 N–H and O–H groups in total. The molecule has 0 radical (unpaired) electrons. The van der Waals surface area contributed by atoms with Crippen LogP contribution in [0.3, 0.4) is 0 Å². The molecule has 0 aliphatic heterocycles. The molecular weight excluding hydrogens is 479 g/mol. The number of carbonyl (C=O) groups excluding carboxylic acids is 2. The lowest BCUT2D eigenvalue weighted by atomic mass is 10.00. The van der Waals surface area contributed by atoms with Gasteiger partial charge in [-0.25, -0.2) is 0 Å². The largest absolute Gasteiger partial charge is 0.352 e. The topological polar surface area (TPSA) is 49.4 Å². The molecule has 0 bridgehead atoms. The lowest BCUT2D eigenvalue weighted by Crippen LogP contribution is -2.52. The summed E-state index contributed by atoms with van der Waals surface area (Å²) in [7, 11) is 0. The van der Waals surface area contributed by atoms with Gasteiger partial charge in [0.15, 0.2) is 0 Å². The van der Waals surface area contributed by atoms with Crippen molar-refractivity contribution < 1.29 is 9.59 Å². The third-order valence-electron chi connectivity index (χ3n) is 6.02. The number of hydrogen-bond acceptors (Lipinski definition) is 2. The Hall–Kier alpha value is -2.82. The van der Waals surface area contributed by atoms with Crippen molar-refractivity contribution in [1.29, 1.82) is 0 Å².